The number of rotatable bonds is 4. The molecule has 2 N–H and O–H groups in total. The molecule has 0 saturated carbocycles. The quantitative estimate of drug-likeness (QED) is 0.858. The Morgan fingerprint density at radius 1 is 1.25 bits per heavy atom. The number of carbonyl (C=O) groups excluding carboxylic acids is 2. The molecule has 1 fully saturated rings. The number of hydrogen-bond acceptors (Lipinski definition) is 4. The van der Waals surface area contributed by atoms with E-state index in [0.717, 1.165) is 18.9 Å². The van der Waals surface area contributed by atoms with Gasteiger partial charge in [-0.2, -0.15) is 0 Å². The van der Waals surface area contributed by atoms with Crippen molar-refractivity contribution in [1.82, 2.24) is 9.88 Å². The predicted octanol–water partition coefficient (Wildman–Crippen LogP) is 0.304. The van der Waals surface area contributed by atoms with Crippen molar-refractivity contribution in [2.45, 2.75) is 19.8 Å². The summed E-state index contributed by atoms with van der Waals surface area (Å²) in [7, 11) is 0. The number of aryl methyl sites for hydroxylation is 1. The molecule has 6 heteroatoms. The minimum atomic E-state index is -0.430. The van der Waals surface area contributed by atoms with Gasteiger partial charge in [-0.25, -0.2) is 4.98 Å². The second-order valence-electron chi connectivity index (χ2n) is 5.03. The van der Waals surface area contributed by atoms with Crippen LogP contribution in [-0.2, 0) is 9.59 Å². The van der Waals surface area contributed by atoms with Crippen LogP contribution in [-0.4, -0.2) is 47.9 Å². The van der Waals surface area contributed by atoms with Crippen LogP contribution in [0.25, 0.3) is 0 Å². The highest BCUT2D eigenvalue weighted by Gasteiger charge is 2.21. The normalized spacial score (nSPS) is 15.2. The molecule has 2 rings (SSSR count). The van der Waals surface area contributed by atoms with Crippen LogP contribution in [0.2, 0.25) is 0 Å². The number of hydrogen-bond donors (Lipinski definition) is 1. The summed E-state index contributed by atoms with van der Waals surface area (Å²) in [6.45, 7) is 4.88. The molecule has 1 saturated heterocycles. The second-order valence-corrected chi connectivity index (χ2v) is 5.03. The molecule has 1 aromatic rings. The van der Waals surface area contributed by atoms with Crippen molar-refractivity contribution in [2.24, 2.45) is 5.73 Å². The average Bonchev–Trinajstić information content (AvgIpc) is 2.45. The lowest BCUT2D eigenvalue weighted by molar-refractivity contribution is -0.133. The number of pyridine rings is 1. The van der Waals surface area contributed by atoms with Crippen LogP contribution in [0.5, 0.6) is 0 Å². The third kappa shape index (κ3) is 3.69. The van der Waals surface area contributed by atoms with E-state index >= 15 is 0 Å². The number of primary amides is 1. The Bertz CT molecular complexity index is 496. The molecule has 0 radical (unpaired) electrons. The highest BCUT2D eigenvalue weighted by Crippen LogP contribution is 2.15. The Kier molecular flexibility index (Phi) is 4.55. The molecule has 6 nitrogen and oxygen atoms in total. The van der Waals surface area contributed by atoms with Crippen LogP contribution in [0.15, 0.2) is 18.3 Å². The molecule has 0 aliphatic carbocycles. The Balaban J connectivity index is 1.86. The smallest absolute Gasteiger partial charge is 0.223 e. The Hall–Kier alpha value is -2.11. The SMILES string of the molecule is Cc1ccnc(N2CCN(C(=O)CCC(N)=O)CC2)c1. The first-order valence-electron chi connectivity index (χ1n) is 6.80. The molecule has 0 spiro atoms. The van der Waals surface area contributed by atoms with E-state index in [1.807, 2.05) is 19.1 Å². The van der Waals surface area contributed by atoms with Gasteiger partial charge in [0.25, 0.3) is 0 Å². The fourth-order valence-corrected chi connectivity index (χ4v) is 2.27. The number of piperazine rings is 1. The minimum absolute atomic E-state index is 0.000603. The van der Waals surface area contributed by atoms with Crippen molar-refractivity contribution in [3.8, 4) is 0 Å². The summed E-state index contributed by atoms with van der Waals surface area (Å²) in [6.07, 6.45) is 2.13. The molecule has 1 aromatic heterocycles. The largest absolute Gasteiger partial charge is 0.370 e. The van der Waals surface area contributed by atoms with Crippen LogP contribution >= 0.6 is 0 Å². The molecule has 108 valence electrons. The van der Waals surface area contributed by atoms with Gasteiger partial charge in [0.15, 0.2) is 0 Å². The summed E-state index contributed by atoms with van der Waals surface area (Å²) in [6, 6.07) is 4.01. The average molecular weight is 276 g/mol. The highest BCUT2D eigenvalue weighted by atomic mass is 16.2. The lowest BCUT2D eigenvalue weighted by Crippen LogP contribution is -2.49. The molecule has 0 unspecified atom stereocenters. The molecular formula is C14H20N4O2. The molecule has 2 heterocycles. The van der Waals surface area contributed by atoms with Crippen molar-refractivity contribution in [3.63, 3.8) is 0 Å². The molecule has 2 amide bonds. The fraction of sp³-hybridized carbons (Fsp3) is 0.500. The van der Waals surface area contributed by atoms with E-state index in [-0.39, 0.29) is 18.7 Å². The number of nitrogens with two attached hydrogens (primary N) is 1. The third-order valence-corrected chi connectivity index (χ3v) is 3.44. The fourth-order valence-electron chi connectivity index (χ4n) is 2.27. The lowest BCUT2D eigenvalue weighted by atomic mass is 10.2. The molecule has 0 aromatic carbocycles. The van der Waals surface area contributed by atoms with Gasteiger partial charge in [-0.3, -0.25) is 9.59 Å². The van der Waals surface area contributed by atoms with Gasteiger partial charge in [0.05, 0.1) is 0 Å². The van der Waals surface area contributed by atoms with Gasteiger partial charge in [0.2, 0.25) is 11.8 Å². The zero-order valence-corrected chi connectivity index (χ0v) is 11.7. The summed E-state index contributed by atoms with van der Waals surface area (Å²) in [5.41, 5.74) is 6.23. The van der Waals surface area contributed by atoms with Crippen molar-refractivity contribution in [2.75, 3.05) is 31.1 Å². The molecule has 1 aliphatic rings. The molecule has 20 heavy (non-hydrogen) atoms. The number of aromatic nitrogens is 1. The Morgan fingerprint density at radius 3 is 2.55 bits per heavy atom. The van der Waals surface area contributed by atoms with Gasteiger partial charge in [0, 0.05) is 45.2 Å². The Morgan fingerprint density at radius 2 is 1.95 bits per heavy atom. The number of amides is 2. The maximum absolute atomic E-state index is 11.9. The van der Waals surface area contributed by atoms with E-state index in [9.17, 15) is 9.59 Å². The van der Waals surface area contributed by atoms with Crippen LogP contribution < -0.4 is 10.6 Å². The van der Waals surface area contributed by atoms with Crippen LogP contribution in [0.1, 0.15) is 18.4 Å². The maximum Gasteiger partial charge on any atom is 0.223 e. The predicted molar refractivity (Wildman–Crippen MR) is 76.2 cm³/mol. The van der Waals surface area contributed by atoms with Crippen molar-refractivity contribution < 1.29 is 9.59 Å². The molecule has 1 aliphatic heterocycles. The first-order valence-corrected chi connectivity index (χ1v) is 6.80. The first-order chi connectivity index (χ1) is 9.56. The van der Waals surface area contributed by atoms with Gasteiger partial charge in [-0.15, -0.1) is 0 Å². The number of carbonyl (C=O) groups is 2. The van der Waals surface area contributed by atoms with Crippen molar-refractivity contribution >= 4 is 17.6 Å². The monoisotopic (exact) mass is 276 g/mol. The molecule has 0 bridgehead atoms. The standard InChI is InChI=1S/C14H20N4O2/c1-11-4-5-16-13(10-11)17-6-8-18(9-7-17)14(20)3-2-12(15)19/h4-5,10H,2-3,6-9H2,1H3,(H2,15,19). The van der Waals surface area contributed by atoms with E-state index in [4.69, 9.17) is 5.73 Å². The van der Waals surface area contributed by atoms with Gasteiger partial charge in [0.1, 0.15) is 5.82 Å². The third-order valence-electron chi connectivity index (χ3n) is 3.44. The summed E-state index contributed by atoms with van der Waals surface area (Å²) in [5.74, 6) is 0.524. The van der Waals surface area contributed by atoms with Crippen LogP contribution in [0, 0.1) is 6.92 Å². The van der Waals surface area contributed by atoms with Gasteiger partial charge >= 0.3 is 0 Å². The van der Waals surface area contributed by atoms with E-state index in [0.29, 0.717) is 13.1 Å². The highest BCUT2D eigenvalue weighted by molar-refractivity contribution is 5.83. The van der Waals surface area contributed by atoms with Gasteiger partial charge < -0.3 is 15.5 Å². The van der Waals surface area contributed by atoms with Gasteiger partial charge in [-0.05, 0) is 24.6 Å². The number of nitrogens with zero attached hydrogens (tertiary/aromatic N) is 3. The summed E-state index contributed by atoms with van der Waals surface area (Å²) >= 11 is 0. The van der Waals surface area contributed by atoms with Crippen LogP contribution in [0.3, 0.4) is 0 Å². The number of anilines is 1. The van der Waals surface area contributed by atoms with Gasteiger partial charge in [-0.1, -0.05) is 0 Å². The zero-order valence-electron chi connectivity index (χ0n) is 11.7. The summed E-state index contributed by atoms with van der Waals surface area (Å²) in [5, 5.41) is 0. The lowest BCUT2D eigenvalue weighted by Gasteiger charge is -2.35. The minimum Gasteiger partial charge on any atom is -0.370 e. The first kappa shape index (κ1) is 14.3. The topological polar surface area (TPSA) is 79.5 Å². The zero-order chi connectivity index (χ0) is 14.5. The van der Waals surface area contributed by atoms with E-state index in [1.54, 1.807) is 11.1 Å². The van der Waals surface area contributed by atoms with E-state index in [1.165, 1.54) is 5.56 Å². The summed E-state index contributed by atoms with van der Waals surface area (Å²) in [4.78, 5) is 30.9. The second kappa shape index (κ2) is 6.36. The van der Waals surface area contributed by atoms with E-state index < -0.39 is 5.91 Å². The van der Waals surface area contributed by atoms with E-state index in [2.05, 4.69) is 9.88 Å². The summed E-state index contributed by atoms with van der Waals surface area (Å²) < 4.78 is 0. The maximum atomic E-state index is 11.9. The van der Waals surface area contributed by atoms with Crippen LogP contribution in [0.4, 0.5) is 5.82 Å². The van der Waals surface area contributed by atoms with Crippen molar-refractivity contribution in [1.29, 1.82) is 0 Å². The molecular weight excluding hydrogens is 256 g/mol. The Labute approximate surface area is 118 Å². The van der Waals surface area contributed by atoms with Crippen molar-refractivity contribution in [3.05, 3.63) is 23.9 Å². The molecule has 0 atom stereocenters.